The van der Waals surface area contributed by atoms with Crippen LogP contribution in [0.5, 0.6) is 0 Å². The first-order chi connectivity index (χ1) is 6.74. The zero-order valence-electron chi connectivity index (χ0n) is 8.01. The van der Waals surface area contributed by atoms with Crippen LogP contribution in [0.2, 0.25) is 0 Å². The molecule has 0 spiro atoms. The van der Waals surface area contributed by atoms with E-state index in [1.807, 2.05) is 12.1 Å². The molecule has 83 valence electrons. The normalized spacial score (nSPS) is 11.9. The Morgan fingerprint density at radius 1 is 1.47 bits per heavy atom. The fourth-order valence-corrected chi connectivity index (χ4v) is 0.779. The first kappa shape index (κ1) is 13.7. The van der Waals surface area contributed by atoms with E-state index in [0.717, 1.165) is 0 Å². The summed E-state index contributed by atoms with van der Waals surface area (Å²) >= 11 is 0. The van der Waals surface area contributed by atoms with Crippen LogP contribution < -0.4 is 11.2 Å². The summed E-state index contributed by atoms with van der Waals surface area (Å²) in [6, 6.07) is 5.46. The Balaban J connectivity index is 0.00000196. The number of aromatic nitrogens is 1. The standard InChI is InChI=1S/C8H11N5O.Rh/c1-6(11-12-8(9)13-14)7-4-2-3-5-10-7;/h2-5,14H,1H3,(H3,9,12,13);/b11-6-;. The Morgan fingerprint density at radius 2 is 2.20 bits per heavy atom. The summed E-state index contributed by atoms with van der Waals surface area (Å²) in [4.78, 5) is 4.06. The SMILES string of the molecule is C/C(=N/N=C(/N)NO)c1ccccn1.[Rh]. The predicted molar refractivity (Wildman–Crippen MR) is 53.0 cm³/mol. The number of guanidine groups is 1. The summed E-state index contributed by atoms with van der Waals surface area (Å²) in [6.45, 7) is 1.75. The number of rotatable bonds is 2. The number of hydrogen-bond acceptors (Lipinski definition) is 4. The fourth-order valence-electron chi connectivity index (χ4n) is 0.779. The van der Waals surface area contributed by atoms with Crippen molar-refractivity contribution < 1.29 is 24.7 Å². The maximum atomic E-state index is 8.33. The topological polar surface area (TPSA) is 95.9 Å². The summed E-state index contributed by atoms with van der Waals surface area (Å²) in [5.41, 5.74) is 8.16. The molecule has 0 fully saturated rings. The van der Waals surface area contributed by atoms with Crippen LogP contribution in [0, 0.1) is 0 Å². The summed E-state index contributed by atoms with van der Waals surface area (Å²) in [5, 5.41) is 15.6. The molecule has 1 aromatic rings. The average molecular weight is 296 g/mol. The van der Waals surface area contributed by atoms with Crippen LogP contribution in [0.25, 0.3) is 0 Å². The Morgan fingerprint density at radius 3 is 2.73 bits per heavy atom. The van der Waals surface area contributed by atoms with Crippen LogP contribution in [0.1, 0.15) is 12.6 Å². The quantitative estimate of drug-likeness (QED) is 0.312. The molecule has 0 atom stereocenters. The van der Waals surface area contributed by atoms with Crippen molar-refractivity contribution in [2.24, 2.45) is 15.9 Å². The van der Waals surface area contributed by atoms with Gasteiger partial charge < -0.3 is 5.73 Å². The number of nitrogens with one attached hydrogen (secondary N) is 1. The van der Waals surface area contributed by atoms with E-state index in [1.54, 1.807) is 24.7 Å². The molecule has 6 nitrogen and oxygen atoms in total. The van der Waals surface area contributed by atoms with Crippen LogP contribution in [0.3, 0.4) is 0 Å². The van der Waals surface area contributed by atoms with Crippen LogP contribution in [0.15, 0.2) is 34.6 Å². The van der Waals surface area contributed by atoms with Gasteiger partial charge in [0.15, 0.2) is 0 Å². The second-order valence-corrected chi connectivity index (χ2v) is 2.50. The van der Waals surface area contributed by atoms with Gasteiger partial charge in [-0.3, -0.25) is 10.2 Å². The molecule has 1 rings (SSSR count). The molecule has 0 unspecified atom stereocenters. The number of hydroxylamine groups is 1. The minimum atomic E-state index is -0.166. The third-order valence-corrected chi connectivity index (χ3v) is 1.46. The van der Waals surface area contributed by atoms with Gasteiger partial charge in [0.1, 0.15) is 0 Å². The van der Waals surface area contributed by atoms with E-state index in [4.69, 9.17) is 10.9 Å². The van der Waals surface area contributed by atoms with Crippen LogP contribution in [-0.2, 0) is 19.5 Å². The van der Waals surface area contributed by atoms with E-state index in [2.05, 4.69) is 15.2 Å². The Kier molecular flexibility index (Phi) is 6.41. The van der Waals surface area contributed by atoms with E-state index in [0.29, 0.717) is 11.4 Å². The van der Waals surface area contributed by atoms with E-state index in [9.17, 15) is 0 Å². The van der Waals surface area contributed by atoms with Gasteiger partial charge in [-0.15, -0.1) is 10.2 Å². The van der Waals surface area contributed by atoms with Crippen molar-refractivity contribution in [2.75, 3.05) is 0 Å². The number of nitrogens with zero attached hydrogens (tertiary/aromatic N) is 3. The summed E-state index contributed by atoms with van der Waals surface area (Å²) in [6.07, 6.45) is 1.66. The van der Waals surface area contributed by atoms with Gasteiger partial charge in [0.25, 0.3) is 0 Å². The zero-order chi connectivity index (χ0) is 10.4. The predicted octanol–water partition coefficient (Wildman–Crippen LogP) is 0.0966. The van der Waals surface area contributed by atoms with Crippen molar-refractivity contribution in [3.05, 3.63) is 30.1 Å². The van der Waals surface area contributed by atoms with Gasteiger partial charge >= 0.3 is 0 Å². The van der Waals surface area contributed by atoms with Crippen LogP contribution >= 0.6 is 0 Å². The molecule has 7 heteroatoms. The Labute approximate surface area is 100 Å². The van der Waals surface area contributed by atoms with Crippen molar-refractivity contribution in [3.63, 3.8) is 0 Å². The van der Waals surface area contributed by atoms with Gasteiger partial charge in [0.05, 0.1) is 11.4 Å². The minimum absolute atomic E-state index is 0. The van der Waals surface area contributed by atoms with Crippen molar-refractivity contribution in [3.8, 4) is 0 Å². The molecule has 1 heterocycles. The van der Waals surface area contributed by atoms with Crippen molar-refractivity contribution >= 4 is 11.7 Å². The Bertz CT molecular complexity index is 351. The Hall–Kier alpha value is -1.33. The zero-order valence-corrected chi connectivity index (χ0v) is 9.65. The summed E-state index contributed by atoms with van der Waals surface area (Å²) in [7, 11) is 0. The molecule has 0 bridgehead atoms. The van der Waals surface area contributed by atoms with Gasteiger partial charge in [-0.05, 0) is 19.1 Å². The molecular weight excluding hydrogens is 285 g/mol. The molecule has 0 aliphatic carbocycles. The largest absolute Gasteiger partial charge is 0.367 e. The second kappa shape index (κ2) is 7.03. The van der Waals surface area contributed by atoms with Gasteiger partial charge in [-0.2, -0.15) is 0 Å². The second-order valence-electron chi connectivity index (χ2n) is 2.50. The maximum absolute atomic E-state index is 8.33. The molecule has 0 aliphatic heterocycles. The maximum Gasteiger partial charge on any atom is 0.237 e. The molecule has 1 radical (unpaired) electrons. The summed E-state index contributed by atoms with van der Waals surface area (Å²) < 4.78 is 0. The number of nitrogens with two attached hydrogens (primary N) is 1. The third kappa shape index (κ3) is 4.62. The smallest absolute Gasteiger partial charge is 0.237 e. The molecule has 0 amide bonds. The summed E-state index contributed by atoms with van der Waals surface area (Å²) in [5.74, 6) is -0.166. The molecule has 0 aliphatic rings. The van der Waals surface area contributed by atoms with Gasteiger partial charge in [0, 0.05) is 25.7 Å². The van der Waals surface area contributed by atoms with Crippen molar-refractivity contribution in [1.29, 1.82) is 0 Å². The molecule has 0 saturated carbocycles. The molecule has 0 aromatic carbocycles. The van der Waals surface area contributed by atoms with Crippen LogP contribution in [-0.4, -0.2) is 21.9 Å². The van der Waals surface area contributed by atoms with Gasteiger partial charge in [-0.25, -0.2) is 5.48 Å². The van der Waals surface area contributed by atoms with Gasteiger partial charge in [0.2, 0.25) is 5.96 Å². The average Bonchev–Trinajstić information content (AvgIpc) is 2.26. The first-order valence-corrected chi connectivity index (χ1v) is 3.93. The molecule has 0 saturated heterocycles. The molecule has 15 heavy (non-hydrogen) atoms. The monoisotopic (exact) mass is 296 g/mol. The third-order valence-electron chi connectivity index (χ3n) is 1.46. The van der Waals surface area contributed by atoms with Gasteiger partial charge in [-0.1, -0.05) is 6.07 Å². The molecular formula is C8H11N5ORh. The van der Waals surface area contributed by atoms with E-state index < -0.39 is 0 Å². The van der Waals surface area contributed by atoms with E-state index in [1.165, 1.54) is 0 Å². The van der Waals surface area contributed by atoms with Crippen LogP contribution in [0.4, 0.5) is 0 Å². The number of pyridine rings is 1. The first-order valence-electron chi connectivity index (χ1n) is 3.93. The van der Waals surface area contributed by atoms with E-state index in [-0.39, 0.29) is 25.4 Å². The fraction of sp³-hybridized carbons (Fsp3) is 0.125. The van der Waals surface area contributed by atoms with Crippen molar-refractivity contribution in [2.45, 2.75) is 6.92 Å². The van der Waals surface area contributed by atoms with E-state index >= 15 is 0 Å². The minimum Gasteiger partial charge on any atom is -0.367 e. The molecule has 4 N–H and O–H groups in total. The van der Waals surface area contributed by atoms with Crippen molar-refractivity contribution in [1.82, 2.24) is 10.5 Å². The number of hydrogen-bond donors (Lipinski definition) is 3. The molecule has 1 aromatic heterocycles.